The van der Waals surface area contributed by atoms with Gasteiger partial charge in [-0.15, -0.1) is 0 Å². The molecule has 1 amide bonds. The Morgan fingerprint density at radius 2 is 1.50 bits per heavy atom. The van der Waals surface area contributed by atoms with Crippen molar-refractivity contribution in [2.24, 2.45) is 11.8 Å². The fourth-order valence-corrected chi connectivity index (χ4v) is 3.69. The molecule has 3 aromatic rings. The molecule has 0 unspecified atom stereocenters. The molecule has 0 saturated heterocycles. The first-order valence-electron chi connectivity index (χ1n) is 10.4. The third kappa shape index (κ3) is 4.56. The van der Waals surface area contributed by atoms with Gasteiger partial charge in [0, 0.05) is 35.7 Å². The summed E-state index contributed by atoms with van der Waals surface area (Å²) >= 11 is 0. The maximum Gasteiger partial charge on any atom is 0.262 e. The van der Waals surface area contributed by atoms with Gasteiger partial charge in [0.1, 0.15) is 5.75 Å². The average molecular weight is 407 g/mol. The molecule has 0 spiro atoms. The number of benzene rings is 2. The van der Waals surface area contributed by atoms with Crippen molar-refractivity contribution < 1.29 is 9.53 Å². The highest BCUT2D eigenvalue weighted by Gasteiger charge is 2.22. The predicted octanol–water partition coefficient (Wildman–Crippen LogP) is 4.75. The van der Waals surface area contributed by atoms with E-state index in [1.807, 2.05) is 47.4 Å². The summed E-state index contributed by atoms with van der Waals surface area (Å²) in [6.45, 7) is 9.78. The molecule has 0 atom stereocenters. The molecule has 5 nitrogen and oxygen atoms in total. The SMILES string of the molecule is COc1ccc(-n2cc(C(=O)N(CC(C)C)CC(C)C)c3ccccc3c2=O)cc1. The molecule has 0 aliphatic carbocycles. The van der Waals surface area contributed by atoms with Gasteiger partial charge in [-0.05, 0) is 42.2 Å². The zero-order chi connectivity index (χ0) is 21.8. The van der Waals surface area contributed by atoms with E-state index in [1.165, 1.54) is 0 Å². The van der Waals surface area contributed by atoms with Gasteiger partial charge >= 0.3 is 0 Å². The largest absolute Gasteiger partial charge is 0.497 e. The number of pyridine rings is 1. The highest BCUT2D eigenvalue weighted by atomic mass is 16.5. The lowest BCUT2D eigenvalue weighted by Crippen LogP contribution is -2.37. The van der Waals surface area contributed by atoms with Crippen molar-refractivity contribution >= 4 is 16.7 Å². The zero-order valence-corrected chi connectivity index (χ0v) is 18.4. The van der Waals surface area contributed by atoms with Crippen LogP contribution in [0.25, 0.3) is 16.5 Å². The van der Waals surface area contributed by atoms with E-state index in [1.54, 1.807) is 23.9 Å². The lowest BCUT2D eigenvalue weighted by Gasteiger charge is -2.27. The van der Waals surface area contributed by atoms with Crippen LogP contribution >= 0.6 is 0 Å². The number of fused-ring (bicyclic) bond motifs is 1. The summed E-state index contributed by atoms with van der Waals surface area (Å²) in [5.74, 6) is 1.37. The summed E-state index contributed by atoms with van der Waals surface area (Å²) in [5.41, 5.74) is 1.09. The number of ether oxygens (including phenoxy) is 1. The van der Waals surface area contributed by atoms with Crippen LogP contribution in [-0.4, -0.2) is 35.6 Å². The first-order chi connectivity index (χ1) is 14.3. The number of hydrogen-bond acceptors (Lipinski definition) is 3. The van der Waals surface area contributed by atoms with Crippen LogP contribution in [0.3, 0.4) is 0 Å². The number of methoxy groups -OCH3 is 1. The number of rotatable bonds is 7. The smallest absolute Gasteiger partial charge is 0.262 e. The number of nitrogens with zero attached hydrogens (tertiary/aromatic N) is 2. The zero-order valence-electron chi connectivity index (χ0n) is 18.4. The molecule has 1 heterocycles. The average Bonchev–Trinajstić information content (AvgIpc) is 2.73. The van der Waals surface area contributed by atoms with E-state index in [-0.39, 0.29) is 11.5 Å². The van der Waals surface area contributed by atoms with Crippen molar-refractivity contribution in [3.63, 3.8) is 0 Å². The topological polar surface area (TPSA) is 51.5 Å². The van der Waals surface area contributed by atoms with Crippen LogP contribution in [0.2, 0.25) is 0 Å². The van der Waals surface area contributed by atoms with E-state index < -0.39 is 0 Å². The second-order valence-electron chi connectivity index (χ2n) is 8.46. The third-order valence-corrected chi connectivity index (χ3v) is 4.96. The number of carbonyl (C=O) groups excluding carboxylic acids is 1. The molecular formula is C25H30N2O3. The van der Waals surface area contributed by atoms with Crippen LogP contribution in [0.4, 0.5) is 0 Å². The van der Waals surface area contributed by atoms with Crippen molar-refractivity contribution in [3.05, 3.63) is 70.6 Å². The molecule has 2 aromatic carbocycles. The minimum absolute atomic E-state index is 0.0455. The van der Waals surface area contributed by atoms with Gasteiger partial charge in [-0.25, -0.2) is 0 Å². The Labute approximate surface area is 177 Å². The fraction of sp³-hybridized carbons (Fsp3) is 0.360. The molecule has 0 saturated carbocycles. The van der Waals surface area contributed by atoms with Crippen LogP contribution in [0.5, 0.6) is 5.75 Å². The van der Waals surface area contributed by atoms with Gasteiger partial charge in [0.2, 0.25) is 0 Å². The number of amides is 1. The van der Waals surface area contributed by atoms with E-state index in [9.17, 15) is 9.59 Å². The van der Waals surface area contributed by atoms with Crippen LogP contribution in [0.1, 0.15) is 38.1 Å². The molecule has 0 fully saturated rings. The van der Waals surface area contributed by atoms with Crippen molar-refractivity contribution in [1.82, 2.24) is 9.47 Å². The Balaban J connectivity index is 2.18. The van der Waals surface area contributed by atoms with Gasteiger partial charge in [-0.3, -0.25) is 14.2 Å². The number of hydrogen-bond donors (Lipinski definition) is 0. The molecule has 5 heteroatoms. The van der Waals surface area contributed by atoms with E-state index in [2.05, 4.69) is 27.7 Å². The van der Waals surface area contributed by atoms with Crippen LogP contribution in [-0.2, 0) is 0 Å². The maximum absolute atomic E-state index is 13.6. The van der Waals surface area contributed by atoms with Gasteiger partial charge in [-0.1, -0.05) is 45.9 Å². The minimum Gasteiger partial charge on any atom is -0.497 e. The molecule has 0 bridgehead atoms. The molecule has 0 aliphatic heterocycles. The number of carbonyl (C=O) groups is 1. The van der Waals surface area contributed by atoms with Gasteiger partial charge in [0.25, 0.3) is 11.5 Å². The molecule has 0 N–H and O–H groups in total. The third-order valence-electron chi connectivity index (χ3n) is 4.96. The summed E-state index contributed by atoms with van der Waals surface area (Å²) in [5, 5.41) is 1.22. The standard InChI is InChI=1S/C25H30N2O3/c1-17(2)14-26(15-18(3)4)24(28)23-16-27(19-10-12-20(30-5)13-11-19)25(29)22-9-7-6-8-21(22)23/h6-13,16-18H,14-15H2,1-5H3. The van der Waals surface area contributed by atoms with E-state index >= 15 is 0 Å². The summed E-state index contributed by atoms with van der Waals surface area (Å²) in [7, 11) is 1.60. The second kappa shape index (κ2) is 9.16. The highest BCUT2D eigenvalue weighted by molar-refractivity contribution is 6.06. The maximum atomic E-state index is 13.6. The molecule has 30 heavy (non-hydrogen) atoms. The molecule has 0 radical (unpaired) electrons. The monoisotopic (exact) mass is 406 g/mol. The minimum atomic E-state index is -0.147. The molecular weight excluding hydrogens is 376 g/mol. The summed E-state index contributed by atoms with van der Waals surface area (Å²) < 4.78 is 6.78. The summed E-state index contributed by atoms with van der Waals surface area (Å²) in [6, 6.07) is 14.6. The molecule has 0 aliphatic rings. The Morgan fingerprint density at radius 1 is 0.933 bits per heavy atom. The van der Waals surface area contributed by atoms with E-state index in [0.29, 0.717) is 52.7 Å². The normalized spacial score (nSPS) is 11.3. The summed E-state index contributed by atoms with van der Waals surface area (Å²) in [6.07, 6.45) is 1.68. The second-order valence-corrected chi connectivity index (χ2v) is 8.46. The first-order valence-corrected chi connectivity index (χ1v) is 10.4. The lowest BCUT2D eigenvalue weighted by molar-refractivity contribution is 0.0716. The van der Waals surface area contributed by atoms with E-state index in [4.69, 9.17) is 4.74 Å². The van der Waals surface area contributed by atoms with E-state index in [0.717, 1.165) is 0 Å². The lowest BCUT2D eigenvalue weighted by atomic mass is 10.0. The van der Waals surface area contributed by atoms with Crippen molar-refractivity contribution in [1.29, 1.82) is 0 Å². The van der Waals surface area contributed by atoms with Gasteiger partial charge in [0.15, 0.2) is 0 Å². The fourth-order valence-electron chi connectivity index (χ4n) is 3.69. The Bertz CT molecular complexity index is 1070. The molecule has 158 valence electrons. The van der Waals surface area contributed by atoms with Crippen LogP contribution in [0, 0.1) is 11.8 Å². The van der Waals surface area contributed by atoms with Crippen molar-refractivity contribution in [2.45, 2.75) is 27.7 Å². The highest BCUT2D eigenvalue weighted by Crippen LogP contribution is 2.21. The Hall–Kier alpha value is -3.08. The number of aromatic nitrogens is 1. The quantitative estimate of drug-likeness (QED) is 0.569. The van der Waals surface area contributed by atoms with Gasteiger partial charge in [0.05, 0.1) is 12.7 Å². The Morgan fingerprint density at radius 3 is 2.03 bits per heavy atom. The van der Waals surface area contributed by atoms with Crippen LogP contribution in [0.15, 0.2) is 59.5 Å². The first kappa shape index (κ1) is 21.6. The van der Waals surface area contributed by atoms with Gasteiger partial charge in [-0.2, -0.15) is 0 Å². The van der Waals surface area contributed by atoms with Crippen molar-refractivity contribution in [2.75, 3.05) is 20.2 Å². The van der Waals surface area contributed by atoms with Gasteiger partial charge < -0.3 is 9.64 Å². The Kier molecular flexibility index (Phi) is 6.60. The predicted molar refractivity (Wildman–Crippen MR) is 122 cm³/mol. The summed E-state index contributed by atoms with van der Waals surface area (Å²) in [4.78, 5) is 28.7. The van der Waals surface area contributed by atoms with Crippen LogP contribution < -0.4 is 10.3 Å². The van der Waals surface area contributed by atoms with Crippen molar-refractivity contribution in [3.8, 4) is 11.4 Å². The molecule has 3 rings (SSSR count). The molecule has 1 aromatic heterocycles.